The van der Waals surface area contributed by atoms with E-state index in [1.165, 1.54) is 32.4 Å². The van der Waals surface area contributed by atoms with Crippen LogP contribution in [0.5, 0.6) is 11.5 Å². The predicted octanol–water partition coefficient (Wildman–Crippen LogP) is 4.44. The molecule has 0 aliphatic carbocycles. The Morgan fingerprint density at radius 1 is 1.09 bits per heavy atom. The number of halogens is 5. The molecule has 34 heavy (non-hydrogen) atoms. The molecule has 182 valence electrons. The van der Waals surface area contributed by atoms with E-state index in [4.69, 9.17) is 9.47 Å². The van der Waals surface area contributed by atoms with Gasteiger partial charge in [-0.25, -0.2) is 4.79 Å². The zero-order chi connectivity index (χ0) is 25.1. The zero-order valence-corrected chi connectivity index (χ0v) is 18.7. The lowest BCUT2D eigenvalue weighted by Crippen LogP contribution is -2.47. The lowest BCUT2D eigenvalue weighted by molar-refractivity contribution is -0.267. The zero-order valence-electron chi connectivity index (χ0n) is 17.9. The number of carbonyl (C=O) groups excluding carboxylic acids is 2. The number of alkyl halides is 5. The highest BCUT2D eigenvalue weighted by Crippen LogP contribution is 2.36. The molecule has 0 radical (unpaired) electrons. The minimum Gasteiger partial charge on any atom is -0.493 e. The van der Waals surface area contributed by atoms with E-state index in [0.717, 1.165) is 11.1 Å². The molecular weight excluding hydrogens is 485 g/mol. The van der Waals surface area contributed by atoms with Gasteiger partial charge in [-0.3, -0.25) is 4.79 Å². The van der Waals surface area contributed by atoms with E-state index in [1.807, 2.05) is 0 Å². The molecule has 2 aromatic carbocycles. The maximum absolute atomic E-state index is 13.2. The first-order valence-electron chi connectivity index (χ1n) is 9.59. The van der Waals surface area contributed by atoms with Crippen LogP contribution in [-0.4, -0.2) is 54.4 Å². The van der Waals surface area contributed by atoms with Crippen LogP contribution in [0.15, 0.2) is 52.5 Å². The van der Waals surface area contributed by atoms with Crippen LogP contribution >= 0.6 is 0 Å². The van der Waals surface area contributed by atoms with Gasteiger partial charge in [-0.2, -0.15) is 32.1 Å². The second-order valence-electron chi connectivity index (χ2n) is 6.92. The van der Waals surface area contributed by atoms with Gasteiger partial charge in [0.05, 0.1) is 27.0 Å². The molecule has 0 saturated carbocycles. The number of hydrogen-bond acceptors (Lipinski definition) is 5. The normalized spacial score (nSPS) is 16.4. The molecule has 2 amide bonds. The molecule has 7 nitrogen and oxygen atoms in total. The van der Waals surface area contributed by atoms with Crippen molar-refractivity contribution >= 4 is 33.9 Å². The number of amides is 2. The summed E-state index contributed by atoms with van der Waals surface area (Å²) in [5.74, 6) is -6.75. The molecule has 0 spiro atoms. The summed E-state index contributed by atoms with van der Waals surface area (Å²) in [7, 11) is 2.05. The van der Waals surface area contributed by atoms with Gasteiger partial charge >= 0.3 is 23.2 Å². The van der Waals surface area contributed by atoms with Crippen LogP contribution in [0.3, 0.4) is 0 Å². The van der Waals surface area contributed by atoms with E-state index < -0.39 is 28.9 Å². The molecule has 3 rings (SSSR count). The Bertz CT molecular complexity index is 1110. The highest BCUT2D eigenvalue weighted by molar-refractivity contribution is 8.11. The molecule has 1 N–H and O–H groups in total. The van der Waals surface area contributed by atoms with Crippen LogP contribution in [0, 0.1) is 0 Å². The third-order valence-corrected chi connectivity index (χ3v) is 6.62. The van der Waals surface area contributed by atoms with Gasteiger partial charge in [0, 0.05) is 11.8 Å². The maximum Gasteiger partial charge on any atom is 0.463 e. The smallest absolute Gasteiger partial charge is 0.463 e. The number of rotatable bonds is 7. The van der Waals surface area contributed by atoms with Crippen LogP contribution in [0.1, 0.15) is 5.56 Å². The summed E-state index contributed by atoms with van der Waals surface area (Å²) in [4.78, 5) is 25.2. The fourth-order valence-electron chi connectivity index (χ4n) is 2.98. The quantitative estimate of drug-likeness (QED) is 0.447. The SMILES string of the molecule is COc1ccc([S+]2CC=NN(Cc3cccc(NC(=O)C(F)(F)C(F)(F)F)c3)C2=O)cc1OC. The van der Waals surface area contributed by atoms with E-state index in [0.29, 0.717) is 27.7 Å². The van der Waals surface area contributed by atoms with E-state index in [2.05, 4.69) is 5.10 Å². The van der Waals surface area contributed by atoms with Crippen molar-refractivity contribution in [3.8, 4) is 11.5 Å². The highest BCUT2D eigenvalue weighted by atomic mass is 32.2. The van der Waals surface area contributed by atoms with Crippen LogP contribution in [0.4, 0.5) is 32.4 Å². The Labute approximate surface area is 193 Å². The monoisotopic (exact) mass is 504 g/mol. The van der Waals surface area contributed by atoms with Crippen molar-refractivity contribution in [2.45, 2.75) is 23.5 Å². The second-order valence-corrected chi connectivity index (χ2v) is 8.86. The highest BCUT2D eigenvalue weighted by Gasteiger charge is 2.63. The summed E-state index contributed by atoms with van der Waals surface area (Å²) in [6.07, 6.45) is -4.47. The van der Waals surface area contributed by atoms with Gasteiger partial charge in [0.15, 0.2) is 22.1 Å². The van der Waals surface area contributed by atoms with E-state index in [-0.39, 0.29) is 17.5 Å². The van der Waals surface area contributed by atoms with Crippen molar-refractivity contribution in [3.05, 3.63) is 48.0 Å². The summed E-state index contributed by atoms with van der Waals surface area (Å²) in [6.45, 7) is -0.0918. The number of nitrogens with zero attached hydrogens (tertiary/aromatic N) is 2. The minimum atomic E-state index is -6.02. The number of hydrogen-bond donors (Lipinski definition) is 1. The van der Waals surface area contributed by atoms with Gasteiger partial charge in [-0.15, -0.1) is 0 Å². The number of nitrogens with one attached hydrogen (secondary N) is 1. The Kier molecular flexibility index (Phi) is 7.34. The summed E-state index contributed by atoms with van der Waals surface area (Å²) >= 11 is 0. The van der Waals surface area contributed by atoms with Crippen molar-refractivity contribution in [1.29, 1.82) is 0 Å². The third kappa shape index (κ3) is 5.24. The summed E-state index contributed by atoms with van der Waals surface area (Å²) in [5.41, 5.74) is 0.0788. The van der Waals surface area contributed by atoms with E-state index in [9.17, 15) is 31.5 Å². The number of benzene rings is 2. The molecule has 0 aromatic heterocycles. The van der Waals surface area contributed by atoms with Crippen LogP contribution in [0.2, 0.25) is 0 Å². The van der Waals surface area contributed by atoms with Crippen LogP contribution in [0.25, 0.3) is 0 Å². The molecule has 0 saturated heterocycles. The molecule has 13 heteroatoms. The van der Waals surface area contributed by atoms with Crippen molar-refractivity contribution in [2.75, 3.05) is 25.3 Å². The molecule has 1 aliphatic heterocycles. The first-order chi connectivity index (χ1) is 16.0. The van der Waals surface area contributed by atoms with Crippen molar-refractivity contribution < 1.29 is 41.0 Å². The summed E-state index contributed by atoms with van der Waals surface area (Å²) in [5, 5.41) is 6.47. The van der Waals surface area contributed by atoms with Gasteiger partial charge in [-0.05, 0) is 29.8 Å². The first kappa shape index (κ1) is 25.3. The number of ether oxygens (including phenoxy) is 2. The van der Waals surface area contributed by atoms with E-state index >= 15 is 0 Å². The molecular formula is C21H19F5N3O4S+. The fraction of sp³-hybridized carbons (Fsp3) is 0.286. The number of carbonyl (C=O) groups is 2. The minimum absolute atomic E-state index is 0.0918. The predicted molar refractivity (Wildman–Crippen MR) is 116 cm³/mol. The lowest BCUT2D eigenvalue weighted by Gasteiger charge is -2.20. The van der Waals surface area contributed by atoms with Gasteiger partial charge in [0.25, 0.3) is 0 Å². The average Bonchev–Trinajstić information content (AvgIpc) is 2.79. The largest absolute Gasteiger partial charge is 0.493 e. The fourth-order valence-corrected chi connectivity index (χ4v) is 4.58. The van der Waals surface area contributed by atoms with E-state index in [1.54, 1.807) is 29.7 Å². The lowest BCUT2D eigenvalue weighted by atomic mass is 10.2. The molecule has 1 heterocycles. The molecule has 0 fully saturated rings. The Balaban J connectivity index is 1.75. The van der Waals surface area contributed by atoms with Gasteiger partial charge in [-0.1, -0.05) is 12.1 Å². The standard InChI is InChI=1S/C21H18F5N3O4S/c1-32-16-7-6-15(11-17(16)33-2)34-9-8-27-29(19(34)31)12-13-4-3-5-14(10-13)28-18(30)20(22,23)21(24,25)26/h3-8,10-11H,9,12H2,1-2H3/p+1. The molecule has 0 bridgehead atoms. The van der Waals surface area contributed by atoms with Crippen LogP contribution in [-0.2, 0) is 22.2 Å². The molecule has 2 aromatic rings. The average molecular weight is 504 g/mol. The van der Waals surface area contributed by atoms with Gasteiger partial charge in [0.1, 0.15) is 10.9 Å². The number of hydrazone groups is 1. The van der Waals surface area contributed by atoms with Gasteiger partial charge < -0.3 is 14.8 Å². The summed E-state index contributed by atoms with van der Waals surface area (Å²) in [6, 6.07) is 10.3. The molecule has 1 atom stereocenters. The summed E-state index contributed by atoms with van der Waals surface area (Å²) < 4.78 is 74.1. The number of anilines is 1. The van der Waals surface area contributed by atoms with Crippen LogP contribution < -0.4 is 14.8 Å². The Morgan fingerprint density at radius 2 is 1.79 bits per heavy atom. The van der Waals surface area contributed by atoms with Crippen molar-refractivity contribution in [2.24, 2.45) is 5.10 Å². The first-order valence-corrected chi connectivity index (χ1v) is 11.0. The Hall–Kier alpha value is -3.35. The Morgan fingerprint density at radius 3 is 2.44 bits per heavy atom. The van der Waals surface area contributed by atoms with Crippen molar-refractivity contribution in [1.82, 2.24) is 5.01 Å². The maximum atomic E-state index is 13.2. The third-order valence-electron chi connectivity index (χ3n) is 4.68. The topological polar surface area (TPSA) is 80.2 Å². The molecule has 1 unspecified atom stereocenters. The second kappa shape index (κ2) is 9.87. The van der Waals surface area contributed by atoms with Gasteiger partial charge in [0.2, 0.25) is 0 Å². The number of methoxy groups -OCH3 is 2. The molecule has 1 aliphatic rings. The van der Waals surface area contributed by atoms with Crippen molar-refractivity contribution in [3.63, 3.8) is 0 Å².